The van der Waals surface area contributed by atoms with Crippen LogP contribution in [0.3, 0.4) is 0 Å². The lowest BCUT2D eigenvalue weighted by molar-refractivity contribution is -0.199. The number of fused-ring (bicyclic) bond motifs is 1. The van der Waals surface area contributed by atoms with E-state index in [1.807, 2.05) is 87.5 Å². The van der Waals surface area contributed by atoms with Crippen molar-refractivity contribution in [3.05, 3.63) is 99.1 Å². The van der Waals surface area contributed by atoms with Crippen LogP contribution in [0.4, 0.5) is 5.69 Å². The smallest absolute Gasteiger partial charge is 0.254 e. The zero-order valence-electron chi connectivity index (χ0n) is 41.2. The molecule has 0 radical (unpaired) electrons. The zero-order chi connectivity index (χ0) is 50.0. The number of hydrogen-bond acceptors (Lipinski definition) is 11. The summed E-state index contributed by atoms with van der Waals surface area (Å²) in [7, 11) is 0. The molecule has 1 saturated carbocycles. The molecule has 1 saturated heterocycles. The summed E-state index contributed by atoms with van der Waals surface area (Å²) >= 11 is 7.87. The zero-order valence-corrected chi connectivity index (χ0v) is 42.7. The van der Waals surface area contributed by atoms with Gasteiger partial charge in [-0.3, -0.25) is 19.2 Å². The van der Waals surface area contributed by atoms with Crippen molar-refractivity contribution < 1.29 is 33.8 Å². The molecule has 2 fully saturated rings. The standard InChI is InChI=1S/C53H66ClN7O7S/c1-31(33-13-15-34(16-14-33)44-32(2)57-30-69-44)58-46(64)42-24-38(62)28-60(42)48(66)45(51(3,4)5)59-43(63)29-67-22-12-10-11-21-56-37-19-17-36-27-61(47(65)40(36)23-37)49-52(6,7)50(53(49,8)9)68-39-20-18-35(26-55)41(54)25-39/h13-20,23,25,30-31,38,42,45,49-50,56,62H,10-12,21-22,24,27-29H2,1-9H3,(H,58,64)(H,59,63)/t31-,38+,42-,45+,49?,50?/m0/s1. The predicted octanol–water partition coefficient (Wildman–Crippen LogP) is 8.45. The maximum Gasteiger partial charge on any atom is 0.254 e. The summed E-state index contributed by atoms with van der Waals surface area (Å²) < 4.78 is 12.2. The highest BCUT2D eigenvalue weighted by Crippen LogP contribution is 2.59. The first-order valence-corrected chi connectivity index (χ1v) is 25.1. The molecule has 4 atom stereocenters. The molecule has 7 rings (SSSR count). The highest BCUT2D eigenvalue weighted by Gasteiger charge is 2.67. The van der Waals surface area contributed by atoms with E-state index in [2.05, 4.69) is 54.7 Å². The first-order chi connectivity index (χ1) is 32.6. The maximum absolute atomic E-state index is 14.1. The molecule has 4 amide bonds. The Morgan fingerprint density at radius 1 is 1.01 bits per heavy atom. The van der Waals surface area contributed by atoms with Crippen LogP contribution in [0, 0.1) is 34.5 Å². The van der Waals surface area contributed by atoms with Crippen LogP contribution in [-0.2, 0) is 25.7 Å². The van der Waals surface area contributed by atoms with E-state index in [-0.39, 0.29) is 60.4 Å². The van der Waals surface area contributed by atoms with Crippen LogP contribution in [0.25, 0.3) is 10.4 Å². The second kappa shape index (κ2) is 20.8. The molecular weight excluding hydrogens is 914 g/mol. The Morgan fingerprint density at radius 3 is 2.39 bits per heavy atom. The lowest BCUT2D eigenvalue weighted by Crippen LogP contribution is -2.74. The van der Waals surface area contributed by atoms with Gasteiger partial charge in [0.05, 0.1) is 38.8 Å². The number of carbonyl (C=O) groups is 4. The summed E-state index contributed by atoms with van der Waals surface area (Å²) in [6.07, 6.45) is 1.44. The number of carbonyl (C=O) groups excluding carboxylic acids is 4. The van der Waals surface area contributed by atoms with E-state index in [0.717, 1.165) is 52.2 Å². The fraction of sp³-hybridized carbons (Fsp3) is 0.509. The number of likely N-dealkylation sites (tertiary alicyclic amines) is 1. The van der Waals surface area contributed by atoms with Gasteiger partial charge in [-0.05, 0) is 79.5 Å². The number of hydrogen-bond donors (Lipinski definition) is 4. The van der Waals surface area contributed by atoms with E-state index in [4.69, 9.17) is 21.1 Å². The molecule has 69 heavy (non-hydrogen) atoms. The summed E-state index contributed by atoms with van der Waals surface area (Å²) in [5.41, 5.74) is 6.28. The normalized spacial score (nSPS) is 21.2. The van der Waals surface area contributed by atoms with Gasteiger partial charge in [0.25, 0.3) is 5.91 Å². The lowest BCUT2D eigenvalue weighted by atomic mass is 9.49. The third-order valence-corrected chi connectivity index (χ3v) is 15.2. The number of aliphatic hydroxyl groups is 1. The Kier molecular flexibility index (Phi) is 15.5. The first kappa shape index (κ1) is 51.3. The van der Waals surface area contributed by atoms with Crippen LogP contribution in [0.15, 0.2) is 66.2 Å². The second-order valence-electron chi connectivity index (χ2n) is 21.0. The average Bonchev–Trinajstić information content (AvgIpc) is 4.00. The molecule has 1 aliphatic carbocycles. The predicted molar refractivity (Wildman–Crippen MR) is 268 cm³/mol. The topological polar surface area (TPSA) is 186 Å². The fourth-order valence-electron chi connectivity index (χ4n) is 10.8. The molecule has 4 N–H and O–H groups in total. The highest BCUT2D eigenvalue weighted by atomic mass is 35.5. The molecule has 0 spiro atoms. The van der Waals surface area contributed by atoms with Crippen molar-refractivity contribution in [2.45, 2.75) is 131 Å². The number of aryl methyl sites for hydroxylation is 1. The van der Waals surface area contributed by atoms with E-state index in [9.17, 15) is 29.5 Å². The van der Waals surface area contributed by atoms with Gasteiger partial charge in [0, 0.05) is 66.9 Å². The number of nitriles is 1. The number of halogens is 1. The number of amides is 4. The molecular formula is C53H66ClN7O7S. The number of nitrogens with one attached hydrogen (secondary N) is 3. The van der Waals surface area contributed by atoms with Crippen molar-refractivity contribution in [2.75, 3.05) is 31.6 Å². The molecule has 1 aromatic heterocycles. The van der Waals surface area contributed by atoms with E-state index in [0.29, 0.717) is 41.6 Å². The third kappa shape index (κ3) is 11.1. The molecule has 16 heteroatoms. The van der Waals surface area contributed by atoms with Crippen molar-refractivity contribution in [1.82, 2.24) is 25.4 Å². The van der Waals surface area contributed by atoms with Gasteiger partial charge in [-0.15, -0.1) is 11.3 Å². The number of aliphatic hydroxyl groups excluding tert-OH is 1. The van der Waals surface area contributed by atoms with E-state index >= 15 is 0 Å². The Bertz CT molecular complexity index is 2570. The molecule has 14 nitrogen and oxygen atoms in total. The summed E-state index contributed by atoms with van der Waals surface area (Å²) in [4.78, 5) is 63.7. The molecule has 3 aromatic carbocycles. The second-order valence-corrected chi connectivity index (χ2v) is 22.3. The van der Waals surface area contributed by atoms with Crippen molar-refractivity contribution in [3.8, 4) is 22.3 Å². The summed E-state index contributed by atoms with van der Waals surface area (Å²) in [5, 5.41) is 29.6. The minimum Gasteiger partial charge on any atom is -0.489 e. The number of rotatable bonds is 18. The van der Waals surface area contributed by atoms with Gasteiger partial charge in [0.2, 0.25) is 17.7 Å². The molecule has 0 bridgehead atoms. The largest absolute Gasteiger partial charge is 0.489 e. The first-order valence-electron chi connectivity index (χ1n) is 23.8. The van der Waals surface area contributed by atoms with Gasteiger partial charge < -0.3 is 40.3 Å². The number of nitrogens with zero attached hydrogens (tertiary/aromatic N) is 4. The quantitative estimate of drug-likeness (QED) is 0.0706. The van der Waals surface area contributed by atoms with Crippen molar-refractivity contribution in [2.24, 2.45) is 16.2 Å². The van der Waals surface area contributed by atoms with Gasteiger partial charge in [0.1, 0.15) is 36.6 Å². The van der Waals surface area contributed by atoms with Gasteiger partial charge in [-0.1, -0.05) is 90.4 Å². The fourth-order valence-corrected chi connectivity index (χ4v) is 11.8. The molecule has 2 aliphatic heterocycles. The van der Waals surface area contributed by atoms with Gasteiger partial charge in [0.15, 0.2) is 0 Å². The van der Waals surface area contributed by atoms with E-state index in [1.54, 1.807) is 29.5 Å². The van der Waals surface area contributed by atoms with Crippen molar-refractivity contribution >= 4 is 52.3 Å². The Hall–Kier alpha value is -5.53. The number of β-amino-alcohol motifs (C(OH)–C–C–N with tert-alkyl or cyclic N) is 1. The average molecular weight is 981 g/mol. The lowest BCUT2D eigenvalue weighted by Gasteiger charge is -2.65. The summed E-state index contributed by atoms with van der Waals surface area (Å²) in [6, 6.07) is 18.8. The van der Waals surface area contributed by atoms with Crippen molar-refractivity contribution in [1.29, 1.82) is 5.26 Å². The van der Waals surface area contributed by atoms with Gasteiger partial charge in [-0.25, -0.2) is 4.98 Å². The molecule has 3 heterocycles. The SMILES string of the molecule is Cc1ncsc1-c1ccc([C@H](C)NC(=O)[C@@H]2C[C@@H](O)CN2C(=O)[C@@H](NC(=O)COCCCCCNc2ccc3c(c2)C(=O)N(C2C(C)(C)C(Oc4ccc(C#N)c(Cl)c4)C2(C)C)C3)C(C)(C)C)cc1. The minimum atomic E-state index is -0.955. The number of benzene rings is 3. The number of anilines is 1. The Balaban J connectivity index is 0.827. The molecule has 4 aromatic rings. The van der Waals surface area contributed by atoms with Crippen LogP contribution in [0.2, 0.25) is 5.02 Å². The number of aromatic nitrogens is 1. The highest BCUT2D eigenvalue weighted by molar-refractivity contribution is 7.13. The van der Waals surface area contributed by atoms with Gasteiger partial charge >= 0.3 is 0 Å². The van der Waals surface area contributed by atoms with E-state index < -0.39 is 35.4 Å². The Labute approximate surface area is 415 Å². The third-order valence-electron chi connectivity index (χ3n) is 13.9. The van der Waals surface area contributed by atoms with Crippen LogP contribution < -0.4 is 20.7 Å². The van der Waals surface area contributed by atoms with Crippen LogP contribution in [0.5, 0.6) is 5.75 Å². The molecule has 368 valence electrons. The van der Waals surface area contributed by atoms with Crippen LogP contribution in [0.1, 0.15) is 120 Å². The Morgan fingerprint density at radius 2 is 1.74 bits per heavy atom. The summed E-state index contributed by atoms with van der Waals surface area (Å²) in [5.74, 6) is -0.633. The number of ether oxygens (including phenoxy) is 2. The monoisotopic (exact) mass is 979 g/mol. The molecule has 0 unspecified atom stereocenters. The van der Waals surface area contributed by atoms with Crippen LogP contribution in [-0.4, -0.2) is 100 Å². The number of unbranched alkanes of at least 4 members (excludes halogenated alkanes) is 2. The van der Waals surface area contributed by atoms with Gasteiger partial charge in [-0.2, -0.15) is 5.26 Å². The number of thiazole rings is 1. The summed E-state index contributed by atoms with van der Waals surface area (Å²) in [6.45, 7) is 19.3. The van der Waals surface area contributed by atoms with Crippen molar-refractivity contribution in [3.63, 3.8) is 0 Å². The maximum atomic E-state index is 14.1. The van der Waals surface area contributed by atoms with Crippen LogP contribution >= 0.6 is 22.9 Å². The molecule has 3 aliphatic rings. The van der Waals surface area contributed by atoms with E-state index in [1.165, 1.54) is 4.90 Å². The minimum absolute atomic E-state index is 0.00671.